The van der Waals surface area contributed by atoms with E-state index in [4.69, 9.17) is 9.47 Å². The van der Waals surface area contributed by atoms with Gasteiger partial charge in [-0.05, 0) is 57.1 Å². The second-order valence-electron chi connectivity index (χ2n) is 7.97. The number of esters is 1. The molecular weight excluding hydrogens is 368 g/mol. The maximum atomic E-state index is 11.6. The van der Waals surface area contributed by atoms with Crippen LogP contribution in [-0.4, -0.2) is 73.4 Å². The van der Waals surface area contributed by atoms with E-state index in [9.17, 15) is 9.90 Å². The number of piperidine rings is 1. The molecule has 1 fully saturated rings. The Balaban J connectivity index is 1.71. The Kier molecular flexibility index (Phi) is 9.64. The van der Waals surface area contributed by atoms with E-state index < -0.39 is 6.10 Å². The highest BCUT2D eigenvalue weighted by Crippen LogP contribution is 2.19. The van der Waals surface area contributed by atoms with E-state index in [1.807, 2.05) is 19.1 Å². The number of hydrogen-bond acceptors (Lipinski definition) is 6. The van der Waals surface area contributed by atoms with Gasteiger partial charge in [0, 0.05) is 19.6 Å². The number of nitrogens with zero attached hydrogens (tertiary/aromatic N) is 2. The van der Waals surface area contributed by atoms with E-state index in [1.165, 1.54) is 12.7 Å². The fraction of sp³-hybridized carbons (Fsp3) is 0.609. The van der Waals surface area contributed by atoms with E-state index in [1.54, 1.807) is 0 Å². The van der Waals surface area contributed by atoms with Crippen LogP contribution < -0.4 is 4.74 Å². The van der Waals surface area contributed by atoms with Crippen molar-refractivity contribution < 1.29 is 19.4 Å². The highest BCUT2D eigenvalue weighted by atomic mass is 16.5. The van der Waals surface area contributed by atoms with E-state index >= 15 is 0 Å². The van der Waals surface area contributed by atoms with Gasteiger partial charge < -0.3 is 19.5 Å². The van der Waals surface area contributed by atoms with Gasteiger partial charge in [-0.1, -0.05) is 31.2 Å². The summed E-state index contributed by atoms with van der Waals surface area (Å²) in [5, 5.41) is 10.3. The monoisotopic (exact) mass is 404 g/mol. The molecule has 1 aliphatic rings. The Bertz CT molecular complexity index is 639. The molecular formula is C23H36N2O4. The zero-order chi connectivity index (χ0) is 21.2. The molecule has 1 heterocycles. The topological polar surface area (TPSA) is 62.2 Å². The average Bonchev–Trinajstić information content (AvgIpc) is 2.72. The number of benzene rings is 1. The summed E-state index contributed by atoms with van der Waals surface area (Å²) < 4.78 is 10.6. The molecule has 1 aliphatic heterocycles. The third-order valence-corrected chi connectivity index (χ3v) is 5.30. The second-order valence-corrected chi connectivity index (χ2v) is 7.97. The minimum atomic E-state index is -0.560. The molecule has 1 atom stereocenters. The Morgan fingerprint density at radius 1 is 1.31 bits per heavy atom. The van der Waals surface area contributed by atoms with Crippen LogP contribution in [0, 0.1) is 5.92 Å². The first-order valence-corrected chi connectivity index (χ1v) is 10.5. The number of aliphatic hydroxyl groups is 1. The van der Waals surface area contributed by atoms with Crippen molar-refractivity contribution >= 4 is 5.97 Å². The molecule has 1 unspecified atom stereocenters. The van der Waals surface area contributed by atoms with Crippen LogP contribution in [0.1, 0.15) is 32.3 Å². The lowest BCUT2D eigenvalue weighted by Crippen LogP contribution is -2.42. The molecule has 1 aromatic rings. The van der Waals surface area contributed by atoms with E-state index in [0.717, 1.165) is 56.9 Å². The van der Waals surface area contributed by atoms with Crippen molar-refractivity contribution in [1.29, 1.82) is 0 Å². The summed E-state index contributed by atoms with van der Waals surface area (Å²) in [6, 6.07) is 8.05. The van der Waals surface area contributed by atoms with E-state index in [-0.39, 0.29) is 18.5 Å². The van der Waals surface area contributed by atoms with Gasteiger partial charge in [0.05, 0.1) is 13.0 Å². The molecule has 0 aliphatic carbocycles. The molecule has 0 spiro atoms. The molecule has 162 valence electrons. The lowest BCUT2D eigenvalue weighted by atomic mass is 9.97. The normalized spacial score (nSPS) is 16.6. The van der Waals surface area contributed by atoms with Crippen LogP contribution >= 0.6 is 0 Å². The van der Waals surface area contributed by atoms with Gasteiger partial charge in [0.1, 0.15) is 18.5 Å². The zero-order valence-electron chi connectivity index (χ0n) is 18.1. The smallest absolute Gasteiger partial charge is 0.308 e. The van der Waals surface area contributed by atoms with Crippen LogP contribution in [0.3, 0.4) is 0 Å². The third kappa shape index (κ3) is 8.17. The first-order chi connectivity index (χ1) is 13.9. The van der Waals surface area contributed by atoms with Gasteiger partial charge >= 0.3 is 5.97 Å². The minimum Gasteiger partial charge on any atom is -0.491 e. The number of methoxy groups -OCH3 is 1. The molecule has 0 amide bonds. The number of hydrogen-bond donors (Lipinski definition) is 1. The van der Waals surface area contributed by atoms with Crippen molar-refractivity contribution in [2.45, 2.75) is 39.3 Å². The Morgan fingerprint density at radius 2 is 1.97 bits per heavy atom. The number of ether oxygens (including phenoxy) is 2. The Labute approximate surface area is 175 Å². The summed E-state index contributed by atoms with van der Waals surface area (Å²) in [7, 11) is 1.43. The van der Waals surface area contributed by atoms with Crippen LogP contribution in [0.5, 0.6) is 5.75 Å². The standard InChI is InChI=1S/C23H36N2O4/c1-5-24(14-18(2)3)15-19-6-8-22(9-7-19)29-17-21(26)16-25-12-10-20(11-13-25)23(27)28-4/h6-9,20-21,26H,2,5,10-17H2,1,3-4H3. The molecule has 6 heteroatoms. The fourth-order valence-electron chi connectivity index (χ4n) is 3.67. The average molecular weight is 405 g/mol. The van der Waals surface area contributed by atoms with Crippen molar-refractivity contribution in [3.05, 3.63) is 42.0 Å². The van der Waals surface area contributed by atoms with Crippen molar-refractivity contribution in [1.82, 2.24) is 9.80 Å². The minimum absolute atomic E-state index is 0.0119. The van der Waals surface area contributed by atoms with E-state index in [0.29, 0.717) is 6.54 Å². The molecule has 1 aromatic carbocycles. The van der Waals surface area contributed by atoms with Crippen LogP contribution in [0.15, 0.2) is 36.4 Å². The summed E-state index contributed by atoms with van der Waals surface area (Å²) in [6.45, 7) is 13.4. The SMILES string of the molecule is C=C(C)CN(CC)Cc1ccc(OCC(O)CN2CCC(C(=O)OC)CC2)cc1. The first-order valence-electron chi connectivity index (χ1n) is 10.5. The van der Waals surface area contributed by atoms with Crippen LogP contribution in [0.2, 0.25) is 0 Å². The van der Waals surface area contributed by atoms with Gasteiger partial charge in [-0.25, -0.2) is 0 Å². The summed E-state index contributed by atoms with van der Waals surface area (Å²) in [4.78, 5) is 16.1. The van der Waals surface area contributed by atoms with Crippen LogP contribution in [0.4, 0.5) is 0 Å². The second kappa shape index (κ2) is 12.0. The summed E-state index contributed by atoms with van der Waals surface area (Å²) >= 11 is 0. The van der Waals surface area contributed by atoms with Crippen molar-refractivity contribution in [2.24, 2.45) is 5.92 Å². The molecule has 6 nitrogen and oxygen atoms in total. The maximum absolute atomic E-state index is 11.6. The molecule has 2 rings (SSSR count). The molecule has 1 N–H and O–H groups in total. The number of likely N-dealkylation sites (N-methyl/N-ethyl adjacent to an activating group) is 1. The number of aliphatic hydroxyl groups excluding tert-OH is 1. The van der Waals surface area contributed by atoms with Crippen LogP contribution in [0.25, 0.3) is 0 Å². The summed E-state index contributed by atoms with van der Waals surface area (Å²) in [6.07, 6.45) is 1.000. The first kappa shape index (κ1) is 23.4. The van der Waals surface area contributed by atoms with Gasteiger partial charge in [0.15, 0.2) is 0 Å². The lowest BCUT2D eigenvalue weighted by Gasteiger charge is -2.31. The highest BCUT2D eigenvalue weighted by molar-refractivity contribution is 5.72. The van der Waals surface area contributed by atoms with Crippen LogP contribution in [-0.2, 0) is 16.1 Å². The van der Waals surface area contributed by atoms with Crippen molar-refractivity contribution in [2.75, 3.05) is 46.4 Å². The van der Waals surface area contributed by atoms with Crippen molar-refractivity contribution in [3.8, 4) is 5.75 Å². The molecule has 0 bridgehead atoms. The molecule has 1 saturated heterocycles. The summed E-state index contributed by atoms with van der Waals surface area (Å²) in [5.41, 5.74) is 2.39. The molecule has 29 heavy (non-hydrogen) atoms. The lowest BCUT2D eigenvalue weighted by molar-refractivity contribution is -0.147. The number of likely N-dealkylation sites (tertiary alicyclic amines) is 1. The highest BCUT2D eigenvalue weighted by Gasteiger charge is 2.26. The maximum Gasteiger partial charge on any atom is 0.308 e. The Hall–Kier alpha value is -1.89. The van der Waals surface area contributed by atoms with Gasteiger partial charge in [0.25, 0.3) is 0 Å². The fourth-order valence-corrected chi connectivity index (χ4v) is 3.67. The number of carbonyl (C=O) groups excluding carboxylic acids is 1. The molecule has 0 aromatic heterocycles. The van der Waals surface area contributed by atoms with Gasteiger partial charge in [-0.15, -0.1) is 0 Å². The quantitative estimate of drug-likeness (QED) is 0.452. The number of rotatable bonds is 11. The molecule has 0 radical (unpaired) electrons. The predicted octanol–water partition coefficient (Wildman–Crippen LogP) is 2.71. The number of carbonyl (C=O) groups is 1. The third-order valence-electron chi connectivity index (χ3n) is 5.30. The Morgan fingerprint density at radius 3 is 2.52 bits per heavy atom. The van der Waals surface area contributed by atoms with Crippen molar-refractivity contribution in [3.63, 3.8) is 0 Å². The largest absolute Gasteiger partial charge is 0.491 e. The zero-order valence-corrected chi connectivity index (χ0v) is 18.1. The van der Waals surface area contributed by atoms with Gasteiger partial charge in [-0.3, -0.25) is 9.69 Å². The van der Waals surface area contributed by atoms with Gasteiger partial charge in [0.2, 0.25) is 0 Å². The molecule has 0 saturated carbocycles. The predicted molar refractivity (Wildman–Crippen MR) is 115 cm³/mol. The summed E-state index contributed by atoms with van der Waals surface area (Å²) in [5.74, 6) is 0.626. The van der Waals surface area contributed by atoms with E-state index in [2.05, 4.69) is 35.4 Å². The number of β-amino-alcohol motifs (C(OH)–C–C–N with tert-alkyl or cyclic N) is 1. The van der Waals surface area contributed by atoms with Gasteiger partial charge in [-0.2, -0.15) is 0 Å².